The van der Waals surface area contributed by atoms with Crippen molar-refractivity contribution in [1.82, 2.24) is 0 Å². The maximum Gasteiger partial charge on any atom is 0.198 e. The fourth-order valence-corrected chi connectivity index (χ4v) is 1.52. The Morgan fingerprint density at radius 2 is 1.75 bits per heavy atom. The summed E-state index contributed by atoms with van der Waals surface area (Å²) >= 11 is 11.5. The molecule has 0 saturated heterocycles. The molecule has 3 heteroatoms. The Kier molecular flexibility index (Phi) is 3.57. The molecule has 0 aliphatic carbocycles. The largest absolute Gasteiger partial charge is 0.291 e. The number of hydrogen-bond acceptors (Lipinski definition) is 1. The van der Waals surface area contributed by atoms with Gasteiger partial charge in [0.05, 0.1) is 0 Å². The van der Waals surface area contributed by atoms with E-state index in [0.29, 0.717) is 22.9 Å². The van der Waals surface area contributed by atoms with Crippen LogP contribution >= 0.6 is 23.2 Å². The summed E-state index contributed by atoms with van der Waals surface area (Å²) in [5.74, 6) is 0. The van der Waals surface area contributed by atoms with Crippen molar-refractivity contribution in [2.24, 2.45) is 0 Å². The van der Waals surface area contributed by atoms with E-state index in [4.69, 9.17) is 23.2 Å². The Morgan fingerprint density at radius 1 is 1.17 bits per heavy atom. The highest BCUT2D eigenvalue weighted by Gasteiger charge is 1.97. The van der Waals surface area contributed by atoms with Crippen LogP contribution in [0.15, 0.2) is 18.2 Å². The molecule has 1 nitrogen and oxygen atoms in total. The van der Waals surface area contributed by atoms with Gasteiger partial charge in [0.1, 0.15) is 0 Å². The van der Waals surface area contributed by atoms with E-state index in [2.05, 4.69) is 0 Å². The van der Waals surface area contributed by atoms with Crippen molar-refractivity contribution in [3.05, 3.63) is 33.8 Å². The zero-order valence-corrected chi connectivity index (χ0v) is 7.82. The molecule has 12 heavy (non-hydrogen) atoms. The second-order valence-electron chi connectivity index (χ2n) is 2.42. The number of aryl methyl sites for hydroxylation is 1. The molecular formula is C9H7Cl2O. The monoisotopic (exact) mass is 201 g/mol. The van der Waals surface area contributed by atoms with Crippen LogP contribution in [0.4, 0.5) is 0 Å². The topological polar surface area (TPSA) is 17.1 Å². The summed E-state index contributed by atoms with van der Waals surface area (Å²) in [5.41, 5.74) is 0.968. The molecule has 1 radical (unpaired) electrons. The Balaban J connectivity index is 2.78. The molecule has 0 spiro atoms. The molecule has 0 unspecified atom stereocenters. The van der Waals surface area contributed by atoms with Gasteiger partial charge in [-0.05, 0) is 30.2 Å². The average molecular weight is 202 g/mol. The van der Waals surface area contributed by atoms with E-state index >= 15 is 0 Å². The molecule has 0 N–H and O–H groups in total. The number of carbonyl (C=O) groups excluding carboxylic acids is 1. The molecular weight excluding hydrogens is 195 g/mol. The Morgan fingerprint density at radius 3 is 2.25 bits per heavy atom. The molecule has 0 saturated carbocycles. The number of benzene rings is 1. The second kappa shape index (κ2) is 4.48. The van der Waals surface area contributed by atoms with Crippen molar-refractivity contribution in [2.75, 3.05) is 0 Å². The highest BCUT2D eigenvalue weighted by atomic mass is 35.5. The van der Waals surface area contributed by atoms with Gasteiger partial charge >= 0.3 is 0 Å². The summed E-state index contributed by atoms with van der Waals surface area (Å²) in [6.45, 7) is 0. The molecule has 63 valence electrons. The third-order valence-electron chi connectivity index (χ3n) is 1.44. The van der Waals surface area contributed by atoms with Gasteiger partial charge in [0.2, 0.25) is 0 Å². The lowest BCUT2D eigenvalue weighted by molar-refractivity contribution is 0.551. The summed E-state index contributed by atoms with van der Waals surface area (Å²) in [7, 11) is 0. The van der Waals surface area contributed by atoms with E-state index in [1.807, 2.05) is 6.29 Å². The van der Waals surface area contributed by atoms with E-state index in [1.54, 1.807) is 18.2 Å². The van der Waals surface area contributed by atoms with Crippen LogP contribution in [-0.2, 0) is 11.2 Å². The van der Waals surface area contributed by atoms with Crippen molar-refractivity contribution in [3.63, 3.8) is 0 Å². The van der Waals surface area contributed by atoms with Gasteiger partial charge < -0.3 is 0 Å². The van der Waals surface area contributed by atoms with Gasteiger partial charge in [0.25, 0.3) is 0 Å². The molecule has 0 aromatic heterocycles. The van der Waals surface area contributed by atoms with Crippen LogP contribution in [0.25, 0.3) is 0 Å². The summed E-state index contributed by atoms with van der Waals surface area (Å²) in [6.07, 6.45) is 2.85. The van der Waals surface area contributed by atoms with E-state index in [1.165, 1.54) is 0 Å². The fourth-order valence-electron chi connectivity index (χ4n) is 0.951. The lowest BCUT2D eigenvalue weighted by atomic mass is 10.1. The first-order valence-electron chi connectivity index (χ1n) is 3.52. The molecule has 0 fully saturated rings. The first-order valence-corrected chi connectivity index (χ1v) is 4.28. The van der Waals surface area contributed by atoms with Crippen molar-refractivity contribution in [2.45, 2.75) is 12.8 Å². The third kappa shape index (κ3) is 2.84. The van der Waals surface area contributed by atoms with Gasteiger partial charge in [0, 0.05) is 16.5 Å². The zero-order chi connectivity index (χ0) is 8.97. The SMILES string of the molecule is O=[C]CCc1cc(Cl)cc(Cl)c1. The first kappa shape index (κ1) is 9.56. The van der Waals surface area contributed by atoms with E-state index in [0.717, 1.165) is 5.56 Å². The minimum absolute atomic E-state index is 0.386. The van der Waals surface area contributed by atoms with Gasteiger partial charge in [-0.1, -0.05) is 23.2 Å². The van der Waals surface area contributed by atoms with Gasteiger partial charge in [-0.25, -0.2) is 0 Å². The van der Waals surface area contributed by atoms with Gasteiger partial charge in [-0.2, -0.15) is 0 Å². The first-order chi connectivity index (χ1) is 5.72. The molecule has 0 bridgehead atoms. The Labute approximate surface area is 81.3 Å². The molecule has 0 atom stereocenters. The summed E-state index contributed by atoms with van der Waals surface area (Å²) in [5, 5.41) is 1.20. The molecule has 0 aliphatic rings. The molecule has 1 rings (SSSR count). The zero-order valence-electron chi connectivity index (χ0n) is 6.31. The molecule has 1 aromatic rings. The predicted molar refractivity (Wildman–Crippen MR) is 50.5 cm³/mol. The van der Waals surface area contributed by atoms with Crippen LogP contribution in [0, 0.1) is 0 Å². The van der Waals surface area contributed by atoms with Crippen molar-refractivity contribution >= 4 is 29.5 Å². The lowest BCUT2D eigenvalue weighted by Gasteiger charge is -1.99. The van der Waals surface area contributed by atoms with E-state index in [9.17, 15) is 4.79 Å². The number of halogens is 2. The van der Waals surface area contributed by atoms with Gasteiger partial charge in [-0.15, -0.1) is 0 Å². The summed E-state index contributed by atoms with van der Waals surface area (Å²) in [6, 6.07) is 5.26. The minimum Gasteiger partial charge on any atom is -0.291 e. The minimum atomic E-state index is 0.386. The van der Waals surface area contributed by atoms with Crippen LogP contribution in [0.2, 0.25) is 10.0 Å². The van der Waals surface area contributed by atoms with Crippen LogP contribution < -0.4 is 0 Å². The van der Waals surface area contributed by atoms with Crippen molar-refractivity contribution in [1.29, 1.82) is 0 Å². The Bertz CT molecular complexity index is 264. The molecule has 0 amide bonds. The van der Waals surface area contributed by atoms with E-state index in [-0.39, 0.29) is 0 Å². The normalized spacial score (nSPS) is 9.83. The third-order valence-corrected chi connectivity index (χ3v) is 1.87. The Hall–Kier alpha value is -0.530. The summed E-state index contributed by atoms with van der Waals surface area (Å²) in [4.78, 5) is 9.96. The molecule has 0 aliphatic heterocycles. The summed E-state index contributed by atoms with van der Waals surface area (Å²) < 4.78 is 0. The van der Waals surface area contributed by atoms with Gasteiger partial charge in [0.15, 0.2) is 6.29 Å². The smallest absolute Gasteiger partial charge is 0.198 e. The number of hydrogen-bond donors (Lipinski definition) is 0. The van der Waals surface area contributed by atoms with E-state index < -0.39 is 0 Å². The standard InChI is InChI=1S/C9H7Cl2O/c10-8-4-7(2-1-3-12)5-9(11)6-8/h4-6H,1-2H2. The highest BCUT2D eigenvalue weighted by molar-refractivity contribution is 6.34. The van der Waals surface area contributed by atoms with Crippen LogP contribution in [0.3, 0.4) is 0 Å². The van der Waals surface area contributed by atoms with Crippen molar-refractivity contribution < 1.29 is 4.79 Å². The molecule has 1 aromatic carbocycles. The predicted octanol–water partition coefficient (Wildman–Crippen LogP) is 3.04. The van der Waals surface area contributed by atoms with Crippen molar-refractivity contribution in [3.8, 4) is 0 Å². The maximum absolute atomic E-state index is 9.96. The average Bonchev–Trinajstić information content (AvgIpc) is 1.99. The van der Waals surface area contributed by atoms with Crippen LogP contribution in [0.1, 0.15) is 12.0 Å². The van der Waals surface area contributed by atoms with Gasteiger partial charge in [-0.3, -0.25) is 4.79 Å². The quantitative estimate of drug-likeness (QED) is 0.736. The molecule has 0 heterocycles. The number of rotatable bonds is 3. The highest BCUT2D eigenvalue weighted by Crippen LogP contribution is 2.19. The lowest BCUT2D eigenvalue weighted by Crippen LogP contribution is -1.85. The fraction of sp³-hybridized carbons (Fsp3) is 0.222. The van der Waals surface area contributed by atoms with Crippen LogP contribution in [0.5, 0.6) is 0 Å². The van der Waals surface area contributed by atoms with Crippen LogP contribution in [-0.4, -0.2) is 6.29 Å². The second-order valence-corrected chi connectivity index (χ2v) is 3.29. The maximum atomic E-state index is 9.96.